The summed E-state index contributed by atoms with van der Waals surface area (Å²) in [4.78, 5) is 0. The van der Waals surface area contributed by atoms with Crippen molar-refractivity contribution in [2.75, 3.05) is 7.11 Å². The van der Waals surface area contributed by atoms with Crippen molar-refractivity contribution in [1.82, 2.24) is 0 Å². The third-order valence-corrected chi connectivity index (χ3v) is 16.0. The van der Waals surface area contributed by atoms with E-state index >= 15 is 0 Å². The molecule has 0 atom stereocenters. The Bertz CT molecular complexity index is 1290. The van der Waals surface area contributed by atoms with Gasteiger partial charge in [-0.05, 0) is 0 Å². The van der Waals surface area contributed by atoms with Gasteiger partial charge in [-0.3, -0.25) is 0 Å². The molecule has 0 aliphatic heterocycles. The Labute approximate surface area is 203 Å². The van der Waals surface area contributed by atoms with Crippen LogP contribution < -0.4 is 20.7 Å². The fourth-order valence-corrected chi connectivity index (χ4v) is 12.6. The molecule has 0 saturated heterocycles. The SMILES string of the molecule is COc1c(CP(Br)(c2ccccc2)(c2ccccc2)c2ccccc2)ccc2ccccc12. The van der Waals surface area contributed by atoms with E-state index in [1.54, 1.807) is 7.11 Å². The summed E-state index contributed by atoms with van der Waals surface area (Å²) in [6.45, 7) is 0. The van der Waals surface area contributed by atoms with Crippen LogP contribution in [0.15, 0.2) is 127 Å². The molecule has 0 bridgehead atoms. The van der Waals surface area contributed by atoms with Gasteiger partial charge < -0.3 is 0 Å². The van der Waals surface area contributed by atoms with Crippen LogP contribution in [0.2, 0.25) is 0 Å². The summed E-state index contributed by atoms with van der Waals surface area (Å²) in [5, 5.41) is 3.15. The van der Waals surface area contributed by atoms with E-state index in [0.29, 0.717) is 0 Å². The first-order valence-electron chi connectivity index (χ1n) is 11.1. The Morgan fingerprint density at radius 1 is 0.576 bits per heavy atom. The maximum atomic E-state index is 6.06. The molecule has 5 aromatic rings. The second kappa shape index (κ2) is 8.78. The van der Waals surface area contributed by atoms with Crippen LogP contribution in [0.25, 0.3) is 10.8 Å². The minimum atomic E-state index is -3.09. The molecule has 0 aliphatic rings. The number of hydrogen-bond acceptors (Lipinski definition) is 1. The standard InChI is InChI=1S/C30H26BrOP/c1-32-30-25(22-21-24-13-11-12-20-29(24)30)23-33(31,26-14-5-2-6-15-26,27-16-7-3-8-17-27)28-18-9-4-10-19-28/h2-22H,23H2,1H3. The molecular weight excluding hydrogens is 487 g/mol. The molecule has 0 radical (unpaired) electrons. The van der Waals surface area contributed by atoms with Crippen LogP contribution in [0.5, 0.6) is 5.75 Å². The van der Waals surface area contributed by atoms with E-state index in [4.69, 9.17) is 4.74 Å². The fourth-order valence-electron chi connectivity index (χ4n) is 4.91. The number of benzene rings is 5. The van der Waals surface area contributed by atoms with Crippen molar-refractivity contribution in [3.8, 4) is 5.75 Å². The van der Waals surface area contributed by atoms with Crippen LogP contribution in [0, 0.1) is 0 Å². The molecule has 0 amide bonds. The summed E-state index contributed by atoms with van der Waals surface area (Å²) < 4.78 is 6.06. The van der Waals surface area contributed by atoms with Gasteiger partial charge in [0.25, 0.3) is 0 Å². The number of fused-ring (bicyclic) bond motifs is 1. The Morgan fingerprint density at radius 3 is 1.52 bits per heavy atom. The van der Waals surface area contributed by atoms with Crippen molar-refractivity contribution in [2.24, 2.45) is 0 Å². The van der Waals surface area contributed by atoms with Gasteiger partial charge >= 0.3 is 204 Å². The molecule has 3 heteroatoms. The van der Waals surface area contributed by atoms with Crippen LogP contribution in [0.1, 0.15) is 5.56 Å². The molecule has 164 valence electrons. The summed E-state index contributed by atoms with van der Waals surface area (Å²) in [6.07, 6.45) is 0.803. The molecule has 0 spiro atoms. The number of methoxy groups -OCH3 is 1. The monoisotopic (exact) mass is 512 g/mol. The van der Waals surface area contributed by atoms with Crippen LogP contribution in [-0.2, 0) is 6.16 Å². The fraction of sp³-hybridized carbons (Fsp3) is 0.0667. The summed E-state index contributed by atoms with van der Waals surface area (Å²) >= 11 is 4.56. The number of hydrogen-bond donors (Lipinski definition) is 0. The second-order valence-electron chi connectivity index (χ2n) is 8.33. The zero-order valence-corrected chi connectivity index (χ0v) is 21.0. The van der Waals surface area contributed by atoms with Gasteiger partial charge in [-0.2, -0.15) is 0 Å². The van der Waals surface area contributed by atoms with Crippen molar-refractivity contribution >= 4 is 47.5 Å². The van der Waals surface area contributed by atoms with Gasteiger partial charge in [-0.1, -0.05) is 0 Å². The molecule has 1 nitrogen and oxygen atoms in total. The molecule has 0 aliphatic carbocycles. The molecular formula is C30H26BrOP. The number of halogens is 1. The first kappa shape index (κ1) is 21.9. The summed E-state index contributed by atoms with van der Waals surface area (Å²) in [7, 11) is 1.78. The number of ether oxygens (including phenoxy) is 1. The summed E-state index contributed by atoms with van der Waals surface area (Å²) in [6, 6.07) is 45.6. The molecule has 0 aromatic heterocycles. The van der Waals surface area contributed by atoms with E-state index in [1.165, 1.54) is 26.9 Å². The van der Waals surface area contributed by atoms with E-state index in [0.717, 1.165) is 17.3 Å². The average molecular weight is 513 g/mol. The van der Waals surface area contributed by atoms with Crippen LogP contribution >= 0.6 is 20.8 Å². The van der Waals surface area contributed by atoms with Crippen molar-refractivity contribution in [2.45, 2.75) is 6.16 Å². The van der Waals surface area contributed by atoms with Crippen LogP contribution in [-0.4, -0.2) is 7.11 Å². The van der Waals surface area contributed by atoms with Crippen molar-refractivity contribution in [3.63, 3.8) is 0 Å². The van der Waals surface area contributed by atoms with Crippen molar-refractivity contribution in [1.29, 1.82) is 0 Å². The zero-order valence-electron chi connectivity index (χ0n) is 18.6. The first-order valence-corrected chi connectivity index (χ1v) is 15.5. The predicted octanol–water partition coefficient (Wildman–Crippen LogP) is 7.19. The topological polar surface area (TPSA) is 9.23 Å². The van der Waals surface area contributed by atoms with Crippen molar-refractivity contribution in [3.05, 3.63) is 133 Å². The van der Waals surface area contributed by atoms with E-state index in [1.807, 2.05) is 0 Å². The van der Waals surface area contributed by atoms with Crippen LogP contribution in [0.3, 0.4) is 0 Å². The Balaban J connectivity index is 1.87. The van der Waals surface area contributed by atoms with Gasteiger partial charge in [0.05, 0.1) is 0 Å². The molecule has 33 heavy (non-hydrogen) atoms. The van der Waals surface area contributed by atoms with E-state index < -0.39 is 5.31 Å². The summed E-state index contributed by atoms with van der Waals surface area (Å²) in [5.41, 5.74) is 1.20. The van der Waals surface area contributed by atoms with E-state index in [9.17, 15) is 0 Å². The quantitative estimate of drug-likeness (QED) is 0.219. The number of rotatable bonds is 6. The summed E-state index contributed by atoms with van der Waals surface area (Å²) in [5.74, 6) is 0.948. The van der Waals surface area contributed by atoms with Crippen molar-refractivity contribution < 1.29 is 4.74 Å². The average Bonchev–Trinajstić information content (AvgIpc) is 2.90. The zero-order chi connectivity index (χ0) is 22.8. The minimum absolute atomic E-state index is 0.803. The molecule has 0 unspecified atom stereocenters. The Morgan fingerprint density at radius 2 is 1.03 bits per heavy atom. The molecule has 0 fully saturated rings. The third-order valence-electron chi connectivity index (χ3n) is 6.52. The molecule has 5 rings (SSSR count). The van der Waals surface area contributed by atoms with Gasteiger partial charge in [0.15, 0.2) is 0 Å². The van der Waals surface area contributed by atoms with Gasteiger partial charge in [-0.15, -0.1) is 0 Å². The maximum absolute atomic E-state index is 6.06. The molecule has 0 saturated carbocycles. The normalized spacial score (nSPS) is 12.7. The van der Waals surface area contributed by atoms with Gasteiger partial charge in [0.2, 0.25) is 0 Å². The van der Waals surface area contributed by atoms with Gasteiger partial charge in [0.1, 0.15) is 0 Å². The third kappa shape index (κ3) is 3.59. The first-order chi connectivity index (χ1) is 16.1. The van der Waals surface area contributed by atoms with Gasteiger partial charge in [0, 0.05) is 0 Å². The second-order valence-corrected chi connectivity index (χ2v) is 17.3. The van der Waals surface area contributed by atoms with Crippen LogP contribution in [0.4, 0.5) is 0 Å². The van der Waals surface area contributed by atoms with E-state index in [2.05, 4.69) is 143 Å². The Hall–Kier alpha value is -2.93. The Kier molecular flexibility index (Phi) is 5.83. The van der Waals surface area contributed by atoms with E-state index in [-0.39, 0.29) is 0 Å². The molecule has 0 heterocycles. The predicted molar refractivity (Wildman–Crippen MR) is 148 cm³/mol. The molecule has 5 aromatic carbocycles. The molecule has 0 N–H and O–H groups in total. The van der Waals surface area contributed by atoms with Gasteiger partial charge in [-0.25, -0.2) is 0 Å².